The number of H-pyrrole nitrogens is 1. The van der Waals surface area contributed by atoms with Gasteiger partial charge in [-0.3, -0.25) is 10.2 Å². The first kappa shape index (κ1) is 11.0. The van der Waals surface area contributed by atoms with E-state index in [1.54, 1.807) is 13.2 Å². The summed E-state index contributed by atoms with van der Waals surface area (Å²) >= 11 is 3.38. The number of amides is 1. The summed E-state index contributed by atoms with van der Waals surface area (Å²) < 4.78 is 6.09. The van der Waals surface area contributed by atoms with Crippen LogP contribution in [0.15, 0.2) is 22.7 Å². The lowest BCUT2D eigenvalue weighted by molar-refractivity contribution is 0.0949. The van der Waals surface area contributed by atoms with Crippen molar-refractivity contribution in [3.05, 3.63) is 28.4 Å². The van der Waals surface area contributed by atoms with Crippen molar-refractivity contribution < 1.29 is 9.53 Å². The van der Waals surface area contributed by atoms with Gasteiger partial charge in [0.1, 0.15) is 11.4 Å². The second-order valence-corrected chi connectivity index (χ2v) is 4.05. The van der Waals surface area contributed by atoms with Gasteiger partial charge in [-0.1, -0.05) is 0 Å². The number of methoxy groups -OCH3 is 1. The van der Waals surface area contributed by atoms with Gasteiger partial charge < -0.3 is 9.72 Å². The number of halogens is 1. The summed E-state index contributed by atoms with van der Waals surface area (Å²) in [5.74, 6) is 5.39. The van der Waals surface area contributed by atoms with Crippen LogP contribution in [0, 0.1) is 0 Å². The molecule has 0 aliphatic rings. The van der Waals surface area contributed by atoms with Crippen LogP contribution in [0.1, 0.15) is 10.5 Å². The molecule has 4 N–H and O–H groups in total. The molecule has 1 heterocycles. The fourth-order valence-electron chi connectivity index (χ4n) is 1.56. The minimum absolute atomic E-state index is 0.366. The van der Waals surface area contributed by atoms with E-state index in [2.05, 4.69) is 26.3 Å². The van der Waals surface area contributed by atoms with Crippen molar-refractivity contribution in [2.24, 2.45) is 5.84 Å². The van der Waals surface area contributed by atoms with Crippen LogP contribution >= 0.6 is 15.9 Å². The summed E-state index contributed by atoms with van der Waals surface area (Å²) in [7, 11) is 1.58. The molecule has 0 fully saturated rings. The summed E-state index contributed by atoms with van der Waals surface area (Å²) in [5, 5.41) is 0.829. The maximum absolute atomic E-state index is 11.3. The largest absolute Gasteiger partial charge is 0.495 e. The topological polar surface area (TPSA) is 80.1 Å². The van der Waals surface area contributed by atoms with Crippen molar-refractivity contribution in [3.63, 3.8) is 0 Å². The molecule has 0 saturated carbocycles. The number of aromatic amines is 1. The molecule has 1 aromatic carbocycles. The standard InChI is InChI=1S/C10H10BrN3O2/c1-16-9-5-4-8(10(15)14-12)13-7(5)3-2-6(9)11/h2-4,13H,12H2,1H3,(H,14,15). The van der Waals surface area contributed by atoms with Crippen molar-refractivity contribution in [1.29, 1.82) is 0 Å². The minimum atomic E-state index is -0.366. The Morgan fingerprint density at radius 3 is 2.94 bits per heavy atom. The molecule has 2 aromatic rings. The number of hydrazine groups is 1. The van der Waals surface area contributed by atoms with E-state index in [-0.39, 0.29) is 5.91 Å². The number of benzene rings is 1. The summed E-state index contributed by atoms with van der Waals surface area (Å²) in [4.78, 5) is 14.3. The molecule has 16 heavy (non-hydrogen) atoms. The molecule has 0 bridgehead atoms. The van der Waals surface area contributed by atoms with Crippen LogP contribution in [0.5, 0.6) is 5.75 Å². The van der Waals surface area contributed by atoms with Gasteiger partial charge in [0.2, 0.25) is 0 Å². The highest BCUT2D eigenvalue weighted by Gasteiger charge is 2.12. The van der Waals surface area contributed by atoms with Crippen LogP contribution in [0.2, 0.25) is 0 Å². The van der Waals surface area contributed by atoms with E-state index in [1.165, 1.54) is 0 Å². The molecule has 0 atom stereocenters. The molecule has 1 amide bonds. The summed E-state index contributed by atoms with van der Waals surface area (Å²) in [6.07, 6.45) is 0. The number of nitrogens with two attached hydrogens (primary N) is 1. The van der Waals surface area contributed by atoms with Crippen LogP contribution in [-0.4, -0.2) is 18.0 Å². The Balaban J connectivity index is 2.65. The highest BCUT2D eigenvalue weighted by atomic mass is 79.9. The molecular weight excluding hydrogens is 274 g/mol. The number of hydrogen-bond acceptors (Lipinski definition) is 3. The van der Waals surface area contributed by atoms with E-state index >= 15 is 0 Å². The van der Waals surface area contributed by atoms with Crippen molar-refractivity contribution in [2.45, 2.75) is 0 Å². The molecular formula is C10H10BrN3O2. The van der Waals surface area contributed by atoms with E-state index in [0.717, 1.165) is 15.4 Å². The number of aromatic nitrogens is 1. The summed E-state index contributed by atoms with van der Waals surface area (Å²) in [5.41, 5.74) is 3.29. The molecule has 0 aliphatic carbocycles. The second kappa shape index (κ2) is 4.15. The smallest absolute Gasteiger partial charge is 0.281 e. The Morgan fingerprint density at radius 1 is 1.56 bits per heavy atom. The molecule has 6 heteroatoms. The van der Waals surface area contributed by atoms with Gasteiger partial charge in [0.15, 0.2) is 0 Å². The molecule has 2 rings (SSSR count). The van der Waals surface area contributed by atoms with Gasteiger partial charge in [0.05, 0.1) is 11.6 Å². The van der Waals surface area contributed by atoms with Crippen molar-refractivity contribution in [3.8, 4) is 5.75 Å². The van der Waals surface area contributed by atoms with E-state index in [4.69, 9.17) is 10.6 Å². The number of ether oxygens (including phenoxy) is 1. The number of nitrogens with one attached hydrogen (secondary N) is 2. The summed E-state index contributed by atoms with van der Waals surface area (Å²) in [6, 6.07) is 5.40. The zero-order valence-electron chi connectivity index (χ0n) is 8.50. The maximum atomic E-state index is 11.3. The van der Waals surface area contributed by atoms with Crippen LogP contribution in [-0.2, 0) is 0 Å². The van der Waals surface area contributed by atoms with Crippen LogP contribution < -0.4 is 16.0 Å². The second-order valence-electron chi connectivity index (χ2n) is 3.20. The molecule has 0 aliphatic heterocycles. The Bertz CT molecular complexity index is 550. The fraction of sp³-hybridized carbons (Fsp3) is 0.100. The number of fused-ring (bicyclic) bond motifs is 1. The summed E-state index contributed by atoms with van der Waals surface area (Å²) in [6.45, 7) is 0. The van der Waals surface area contributed by atoms with E-state index in [1.807, 2.05) is 12.1 Å². The van der Waals surface area contributed by atoms with E-state index < -0.39 is 0 Å². The van der Waals surface area contributed by atoms with Gasteiger partial charge in [-0.05, 0) is 34.1 Å². The lowest BCUT2D eigenvalue weighted by Crippen LogP contribution is -2.30. The average Bonchev–Trinajstić information content (AvgIpc) is 2.71. The molecule has 0 radical (unpaired) electrons. The highest BCUT2D eigenvalue weighted by Crippen LogP contribution is 2.33. The normalized spacial score (nSPS) is 10.4. The molecule has 0 saturated heterocycles. The van der Waals surface area contributed by atoms with Gasteiger partial charge in [-0.15, -0.1) is 0 Å². The molecule has 1 aromatic heterocycles. The third kappa shape index (κ3) is 1.66. The maximum Gasteiger partial charge on any atom is 0.281 e. The van der Waals surface area contributed by atoms with Crippen LogP contribution in [0.4, 0.5) is 0 Å². The van der Waals surface area contributed by atoms with Crippen molar-refractivity contribution in [2.75, 3.05) is 7.11 Å². The van der Waals surface area contributed by atoms with E-state index in [0.29, 0.717) is 11.4 Å². The number of nitrogen functional groups attached to an aromatic ring is 1. The fourth-order valence-corrected chi connectivity index (χ4v) is 2.07. The SMILES string of the molecule is COc1c(Br)ccc2[nH]c(C(=O)NN)cc12. The van der Waals surface area contributed by atoms with Gasteiger partial charge in [-0.2, -0.15) is 0 Å². The predicted molar refractivity (Wildman–Crippen MR) is 64.2 cm³/mol. The first-order valence-electron chi connectivity index (χ1n) is 4.53. The predicted octanol–water partition coefficient (Wildman–Crippen LogP) is 1.54. The lowest BCUT2D eigenvalue weighted by Gasteiger charge is -2.03. The van der Waals surface area contributed by atoms with Gasteiger partial charge in [0, 0.05) is 10.9 Å². The third-order valence-corrected chi connectivity index (χ3v) is 2.91. The zero-order valence-corrected chi connectivity index (χ0v) is 10.1. The van der Waals surface area contributed by atoms with E-state index in [9.17, 15) is 4.79 Å². The number of rotatable bonds is 2. The first-order valence-corrected chi connectivity index (χ1v) is 5.33. The molecule has 0 unspecified atom stereocenters. The monoisotopic (exact) mass is 283 g/mol. The number of carbonyl (C=O) groups is 1. The van der Waals surface area contributed by atoms with Crippen LogP contribution in [0.3, 0.4) is 0 Å². The third-order valence-electron chi connectivity index (χ3n) is 2.29. The number of carbonyl (C=O) groups excluding carboxylic acids is 1. The molecule has 0 spiro atoms. The van der Waals surface area contributed by atoms with Crippen molar-refractivity contribution >= 4 is 32.7 Å². The Hall–Kier alpha value is -1.53. The minimum Gasteiger partial charge on any atom is -0.495 e. The Morgan fingerprint density at radius 2 is 2.31 bits per heavy atom. The van der Waals surface area contributed by atoms with Crippen LogP contribution in [0.25, 0.3) is 10.9 Å². The lowest BCUT2D eigenvalue weighted by atomic mass is 10.2. The quantitative estimate of drug-likeness (QED) is 0.444. The Labute approximate surface area is 100 Å². The van der Waals surface area contributed by atoms with Gasteiger partial charge >= 0.3 is 0 Å². The molecule has 84 valence electrons. The van der Waals surface area contributed by atoms with Crippen molar-refractivity contribution in [1.82, 2.24) is 10.4 Å². The average molecular weight is 284 g/mol. The molecule has 5 nitrogen and oxygen atoms in total. The first-order chi connectivity index (χ1) is 7.67. The Kier molecular flexibility index (Phi) is 2.84. The zero-order chi connectivity index (χ0) is 11.7. The van der Waals surface area contributed by atoms with Gasteiger partial charge in [0.25, 0.3) is 5.91 Å². The number of hydrogen-bond donors (Lipinski definition) is 3. The highest BCUT2D eigenvalue weighted by molar-refractivity contribution is 9.10. The van der Waals surface area contributed by atoms with Gasteiger partial charge in [-0.25, -0.2) is 5.84 Å².